The van der Waals surface area contributed by atoms with Gasteiger partial charge in [-0.05, 0) is 40.5 Å². The summed E-state index contributed by atoms with van der Waals surface area (Å²) in [6.45, 7) is 13.3. The van der Waals surface area contributed by atoms with Gasteiger partial charge in [-0.3, -0.25) is 0 Å². The first-order chi connectivity index (χ1) is 8.93. The van der Waals surface area contributed by atoms with Crippen molar-refractivity contribution in [1.82, 2.24) is 9.97 Å². The van der Waals surface area contributed by atoms with Gasteiger partial charge in [0.05, 0.1) is 5.56 Å². The molecule has 0 aromatic carbocycles. The van der Waals surface area contributed by atoms with Crippen LogP contribution in [0.25, 0.3) is 0 Å². The van der Waals surface area contributed by atoms with E-state index in [1.54, 1.807) is 0 Å². The lowest BCUT2D eigenvalue weighted by Gasteiger charge is -2.25. The van der Waals surface area contributed by atoms with E-state index in [0.29, 0.717) is 5.88 Å². The molecule has 0 fully saturated rings. The average molecular weight is 265 g/mol. The van der Waals surface area contributed by atoms with Crippen molar-refractivity contribution in [1.29, 1.82) is 0 Å². The standard InChI is InChI=1S/C15H27N3O/c1-7-10-12-17-13(16-9-3)11(4)14(18-12)19-15(5,6)8-2/h7-10H2,1-6H3,(H,16,17,18). The monoisotopic (exact) mass is 265 g/mol. The molecule has 0 unspecified atom stereocenters. The fourth-order valence-electron chi connectivity index (χ4n) is 1.65. The summed E-state index contributed by atoms with van der Waals surface area (Å²) in [6, 6.07) is 0. The summed E-state index contributed by atoms with van der Waals surface area (Å²) in [6.07, 6.45) is 2.85. The van der Waals surface area contributed by atoms with Crippen LogP contribution in [0, 0.1) is 6.92 Å². The molecule has 0 aliphatic carbocycles. The van der Waals surface area contributed by atoms with Crippen molar-refractivity contribution >= 4 is 5.82 Å². The molecule has 0 spiro atoms. The smallest absolute Gasteiger partial charge is 0.222 e. The first-order valence-corrected chi connectivity index (χ1v) is 7.23. The zero-order valence-electron chi connectivity index (χ0n) is 13.1. The Labute approximate surface area is 117 Å². The normalized spacial score (nSPS) is 11.5. The zero-order valence-corrected chi connectivity index (χ0v) is 13.1. The number of nitrogens with zero attached hydrogens (tertiary/aromatic N) is 2. The molecule has 0 radical (unpaired) electrons. The number of ether oxygens (including phenoxy) is 1. The molecule has 19 heavy (non-hydrogen) atoms. The van der Waals surface area contributed by atoms with E-state index in [9.17, 15) is 0 Å². The van der Waals surface area contributed by atoms with Crippen LogP contribution in [0.15, 0.2) is 0 Å². The predicted octanol–water partition coefficient (Wildman–Crippen LogP) is 3.74. The molecule has 1 aromatic rings. The van der Waals surface area contributed by atoms with E-state index >= 15 is 0 Å². The van der Waals surface area contributed by atoms with Crippen molar-refractivity contribution in [3.63, 3.8) is 0 Å². The largest absolute Gasteiger partial charge is 0.471 e. The molecule has 1 rings (SSSR count). The minimum atomic E-state index is -0.202. The molecule has 0 aliphatic rings. The third kappa shape index (κ3) is 4.37. The summed E-state index contributed by atoms with van der Waals surface area (Å²) < 4.78 is 6.06. The lowest BCUT2D eigenvalue weighted by atomic mass is 10.1. The number of nitrogens with one attached hydrogen (secondary N) is 1. The highest BCUT2D eigenvalue weighted by atomic mass is 16.5. The Morgan fingerprint density at radius 3 is 2.37 bits per heavy atom. The molecule has 1 aromatic heterocycles. The van der Waals surface area contributed by atoms with Crippen LogP contribution in [0.4, 0.5) is 5.82 Å². The first kappa shape index (κ1) is 15.7. The third-order valence-corrected chi connectivity index (χ3v) is 3.19. The SMILES string of the molecule is CCCc1nc(NCC)c(C)c(OC(C)(C)CC)n1. The van der Waals surface area contributed by atoms with E-state index in [1.807, 2.05) is 6.92 Å². The van der Waals surface area contributed by atoms with Crippen LogP contribution in [0.2, 0.25) is 0 Å². The summed E-state index contributed by atoms with van der Waals surface area (Å²) in [4.78, 5) is 9.13. The second-order valence-corrected chi connectivity index (χ2v) is 5.41. The lowest BCUT2D eigenvalue weighted by molar-refractivity contribution is 0.0975. The lowest BCUT2D eigenvalue weighted by Crippen LogP contribution is -2.28. The number of hydrogen-bond donors (Lipinski definition) is 1. The number of rotatable bonds is 7. The maximum Gasteiger partial charge on any atom is 0.222 e. The Morgan fingerprint density at radius 1 is 1.16 bits per heavy atom. The van der Waals surface area contributed by atoms with E-state index in [2.05, 4.69) is 49.9 Å². The highest BCUT2D eigenvalue weighted by molar-refractivity contribution is 5.48. The van der Waals surface area contributed by atoms with E-state index < -0.39 is 0 Å². The van der Waals surface area contributed by atoms with E-state index in [4.69, 9.17) is 4.74 Å². The van der Waals surface area contributed by atoms with Gasteiger partial charge in [0.1, 0.15) is 17.2 Å². The second kappa shape index (κ2) is 6.73. The van der Waals surface area contributed by atoms with Crippen molar-refractivity contribution in [3.8, 4) is 5.88 Å². The van der Waals surface area contributed by atoms with Crippen molar-refractivity contribution in [2.24, 2.45) is 0 Å². The van der Waals surface area contributed by atoms with Gasteiger partial charge < -0.3 is 10.1 Å². The fourth-order valence-corrected chi connectivity index (χ4v) is 1.65. The van der Waals surface area contributed by atoms with E-state index in [0.717, 1.165) is 43.0 Å². The molecule has 4 heteroatoms. The molecule has 4 nitrogen and oxygen atoms in total. The Hall–Kier alpha value is -1.32. The molecular weight excluding hydrogens is 238 g/mol. The van der Waals surface area contributed by atoms with Crippen LogP contribution in [-0.4, -0.2) is 22.1 Å². The van der Waals surface area contributed by atoms with Crippen molar-refractivity contribution in [2.45, 2.75) is 66.4 Å². The molecule has 0 bridgehead atoms. The Balaban J connectivity index is 3.13. The number of aromatic nitrogens is 2. The van der Waals surface area contributed by atoms with Crippen molar-refractivity contribution in [2.75, 3.05) is 11.9 Å². The minimum Gasteiger partial charge on any atom is -0.471 e. The topological polar surface area (TPSA) is 47.0 Å². The Bertz CT molecular complexity index is 416. The minimum absolute atomic E-state index is 0.202. The zero-order chi connectivity index (χ0) is 14.5. The summed E-state index contributed by atoms with van der Waals surface area (Å²) in [5.41, 5.74) is 0.787. The molecule has 0 atom stereocenters. The quantitative estimate of drug-likeness (QED) is 0.816. The molecule has 1 heterocycles. The van der Waals surface area contributed by atoms with Crippen molar-refractivity contribution < 1.29 is 4.74 Å². The maximum absolute atomic E-state index is 6.06. The molecular formula is C15H27N3O. The van der Waals surface area contributed by atoms with Gasteiger partial charge in [0.2, 0.25) is 5.88 Å². The van der Waals surface area contributed by atoms with Crippen molar-refractivity contribution in [3.05, 3.63) is 11.4 Å². The number of hydrogen-bond acceptors (Lipinski definition) is 4. The van der Waals surface area contributed by atoms with Crippen LogP contribution in [-0.2, 0) is 6.42 Å². The highest BCUT2D eigenvalue weighted by Crippen LogP contribution is 2.27. The first-order valence-electron chi connectivity index (χ1n) is 7.23. The van der Waals surface area contributed by atoms with E-state index in [-0.39, 0.29) is 5.60 Å². The van der Waals surface area contributed by atoms with Gasteiger partial charge in [-0.1, -0.05) is 13.8 Å². The highest BCUT2D eigenvalue weighted by Gasteiger charge is 2.21. The molecule has 0 amide bonds. The van der Waals surface area contributed by atoms with Gasteiger partial charge in [-0.15, -0.1) is 0 Å². The molecule has 108 valence electrons. The fraction of sp³-hybridized carbons (Fsp3) is 0.733. The van der Waals surface area contributed by atoms with Gasteiger partial charge in [-0.2, -0.15) is 4.98 Å². The molecule has 0 saturated carbocycles. The van der Waals surface area contributed by atoms with Gasteiger partial charge in [-0.25, -0.2) is 4.98 Å². The molecule has 1 N–H and O–H groups in total. The second-order valence-electron chi connectivity index (χ2n) is 5.41. The molecule has 0 saturated heterocycles. The van der Waals surface area contributed by atoms with Crippen LogP contribution >= 0.6 is 0 Å². The predicted molar refractivity (Wildman–Crippen MR) is 79.9 cm³/mol. The van der Waals surface area contributed by atoms with Gasteiger partial charge in [0.25, 0.3) is 0 Å². The van der Waals surface area contributed by atoms with Crippen LogP contribution in [0.1, 0.15) is 58.8 Å². The van der Waals surface area contributed by atoms with Gasteiger partial charge >= 0.3 is 0 Å². The molecule has 0 aliphatic heterocycles. The average Bonchev–Trinajstić information content (AvgIpc) is 2.35. The summed E-state index contributed by atoms with van der Waals surface area (Å²) >= 11 is 0. The maximum atomic E-state index is 6.06. The van der Waals surface area contributed by atoms with Crippen LogP contribution in [0.3, 0.4) is 0 Å². The Kier molecular flexibility index (Phi) is 5.58. The summed E-state index contributed by atoms with van der Waals surface area (Å²) in [7, 11) is 0. The number of aryl methyl sites for hydroxylation is 1. The summed E-state index contributed by atoms with van der Waals surface area (Å²) in [5, 5.41) is 3.29. The van der Waals surface area contributed by atoms with E-state index in [1.165, 1.54) is 0 Å². The van der Waals surface area contributed by atoms with Crippen LogP contribution < -0.4 is 10.1 Å². The van der Waals surface area contributed by atoms with Gasteiger partial charge in [0.15, 0.2) is 0 Å². The van der Waals surface area contributed by atoms with Crippen LogP contribution in [0.5, 0.6) is 5.88 Å². The third-order valence-electron chi connectivity index (χ3n) is 3.19. The summed E-state index contributed by atoms with van der Waals surface area (Å²) in [5.74, 6) is 2.45. The van der Waals surface area contributed by atoms with Gasteiger partial charge in [0, 0.05) is 13.0 Å². The Morgan fingerprint density at radius 2 is 1.84 bits per heavy atom. The number of anilines is 1.